The van der Waals surface area contributed by atoms with Crippen molar-refractivity contribution < 1.29 is 19.1 Å². The lowest BCUT2D eigenvalue weighted by atomic mass is 9.85. The molecule has 3 atom stereocenters. The largest absolute Gasteiger partial charge is 0.393 e. The zero-order chi connectivity index (χ0) is 26.4. The summed E-state index contributed by atoms with van der Waals surface area (Å²) in [5.41, 5.74) is 3.90. The number of carbonyl (C=O) groups excluding carboxylic acids is 2. The van der Waals surface area contributed by atoms with Gasteiger partial charge in [0.25, 0.3) is 5.91 Å². The highest BCUT2D eigenvalue weighted by Gasteiger charge is 2.35. The maximum absolute atomic E-state index is 14.2. The van der Waals surface area contributed by atoms with Crippen LogP contribution in [0.15, 0.2) is 55.0 Å². The van der Waals surface area contributed by atoms with Crippen LogP contribution in [0.5, 0.6) is 0 Å². The van der Waals surface area contributed by atoms with E-state index in [1.54, 1.807) is 16.8 Å². The second-order valence-corrected chi connectivity index (χ2v) is 10.4. The number of nitrogens with one attached hydrogen (secondary N) is 2. The predicted molar refractivity (Wildman–Crippen MR) is 140 cm³/mol. The van der Waals surface area contributed by atoms with E-state index >= 15 is 0 Å². The fourth-order valence-electron chi connectivity index (χ4n) is 5.57. The van der Waals surface area contributed by atoms with Gasteiger partial charge in [-0.25, -0.2) is 13.9 Å². The summed E-state index contributed by atoms with van der Waals surface area (Å²) in [5, 5.41) is 20.5. The Morgan fingerprint density at radius 3 is 2.89 bits per heavy atom. The van der Waals surface area contributed by atoms with E-state index in [4.69, 9.17) is 11.6 Å². The molecule has 6 rings (SSSR count). The van der Waals surface area contributed by atoms with E-state index in [1.165, 1.54) is 24.5 Å². The summed E-state index contributed by atoms with van der Waals surface area (Å²) in [7, 11) is 0. The molecule has 1 aliphatic heterocycles. The molecule has 0 saturated heterocycles. The predicted octanol–water partition coefficient (Wildman–Crippen LogP) is 4.90. The van der Waals surface area contributed by atoms with Crippen molar-refractivity contribution in [3.63, 3.8) is 0 Å². The Balaban J connectivity index is 1.43. The summed E-state index contributed by atoms with van der Waals surface area (Å²) < 4.78 is 15.8. The van der Waals surface area contributed by atoms with Crippen LogP contribution in [0.1, 0.15) is 59.6 Å². The highest BCUT2D eigenvalue weighted by atomic mass is 35.5. The van der Waals surface area contributed by atoms with Gasteiger partial charge >= 0.3 is 0 Å². The normalized spacial score (nSPS) is 20.8. The third-order valence-electron chi connectivity index (χ3n) is 7.37. The van der Waals surface area contributed by atoms with Crippen LogP contribution in [-0.4, -0.2) is 37.6 Å². The van der Waals surface area contributed by atoms with Crippen molar-refractivity contribution in [2.24, 2.45) is 5.92 Å². The van der Waals surface area contributed by atoms with Crippen molar-refractivity contribution in [3.05, 3.63) is 82.5 Å². The van der Waals surface area contributed by atoms with E-state index < -0.39 is 11.9 Å². The number of hydrogen-bond donors (Lipinski definition) is 3. The Morgan fingerprint density at radius 2 is 2.05 bits per heavy atom. The number of aromatic nitrogens is 3. The maximum Gasteiger partial charge on any atom is 0.252 e. The standard InChI is InChI=1S/C28H25ClFN5O3/c29-22-6-5-18(30)12-20(22)27-26-21(28(38)34-27)10-17(16-4-7-24-31-14-32-35(24)13-16)11-23(26)33-25(37)9-15-2-1-3-19(36)8-15/h4-7,10-15,19,27,36H,1-3,8-9H2,(H,33,37)(H,34,38). The minimum Gasteiger partial charge on any atom is -0.393 e. The summed E-state index contributed by atoms with van der Waals surface area (Å²) in [4.78, 5) is 30.6. The molecule has 10 heteroatoms. The van der Waals surface area contributed by atoms with Gasteiger partial charge in [0.1, 0.15) is 12.1 Å². The van der Waals surface area contributed by atoms with E-state index in [9.17, 15) is 19.1 Å². The Hall–Kier alpha value is -3.82. The quantitative estimate of drug-likeness (QED) is 0.338. The average molecular weight is 534 g/mol. The number of nitrogens with zero attached hydrogens (tertiary/aromatic N) is 3. The third kappa shape index (κ3) is 4.63. The Kier molecular flexibility index (Phi) is 6.33. The molecule has 2 aromatic heterocycles. The fraction of sp³-hybridized carbons (Fsp3) is 0.286. The van der Waals surface area contributed by atoms with E-state index in [2.05, 4.69) is 20.7 Å². The molecule has 1 aliphatic carbocycles. The van der Waals surface area contributed by atoms with Crippen LogP contribution < -0.4 is 10.6 Å². The van der Waals surface area contributed by atoms with Gasteiger partial charge in [-0.2, -0.15) is 5.10 Å². The average Bonchev–Trinajstić information content (AvgIpc) is 3.49. The van der Waals surface area contributed by atoms with Crippen molar-refractivity contribution in [1.29, 1.82) is 0 Å². The van der Waals surface area contributed by atoms with Gasteiger partial charge in [0, 0.05) is 45.6 Å². The minimum atomic E-state index is -0.737. The van der Waals surface area contributed by atoms with Crippen molar-refractivity contribution in [1.82, 2.24) is 19.9 Å². The zero-order valence-corrected chi connectivity index (χ0v) is 21.1. The van der Waals surface area contributed by atoms with Crippen LogP contribution >= 0.6 is 11.6 Å². The molecule has 2 aliphatic rings. The second-order valence-electron chi connectivity index (χ2n) is 9.98. The van der Waals surface area contributed by atoms with Crippen molar-refractivity contribution in [3.8, 4) is 11.1 Å². The van der Waals surface area contributed by atoms with Gasteiger partial charge < -0.3 is 15.7 Å². The summed E-state index contributed by atoms with van der Waals surface area (Å²) >= 11 is 6.42. The number of halogens is 2. The number of benzene rings is 2. The highest BCUT2D eigenvalue weighted by Crippen LogP contribution is 2.42. The lowest BCUT2D eigenvalue weighted by Gasteiger charge is -2.25. The number of amides is 2. The molecule has 3 heterocycles. The molecular formula is C28H25ClFN5O3. The number of aliphatic hydroxyl groups is 1. The van der Waals surface area contributed by atoms with Gasteiger partial charge in [-0.3, -0.25) is 9.59 Å². The SMILES string of the molecule is O=C(CC1CCCC(O)C1)Nc1cc(-c2ccc3ncnn3c2)cc2c1C(c1cc(F)ccc1Cl)NC2=O. The van der Waals surface area contributed by atoms with Gasteiger partial charge in [-0.1, -0.05) is 18.0 Å². The first-order chi connectivity index (χ1) is 18.4. The molecule has 3 N–H and O–H groups in total. The molecule has 2 amide bonds. The molecule has 0 bridgehead atoms. The molecule has 3 unspecified atom stereocenters. The van der Waals surface area contributed by atoms with Crippen LogP contribution in [0, 0.1) is 11.7 Å². The van der Waals surface area contributed by atoms with Crippen LogP contribution in [0.3, 0.4) is 0 Å². The first-order valence-electron chi connectivity index (χ1n) is 12.6. The van der Waals surface area contributed by atoms with Crippen LogP contribution in [0.2, 0.25) is 5.02 Å². The van der Waals surface area contributed by atoms with Gasteiger partial charge in [-0.15, -0.1) is 0 Å². The van der Waals surface area contributed by atoms with Gasteiger partial charge in [-0.05, 0) is 73.2 Å². The summed E-state index contributed by atoms with van der Waals surface area (Å²) in [6.07, 6.45) is 6.23. The number of rotatable bonds is 5. The van der Waals surface area contributed by atoms with Crippen LogP contribution in [-0.2, 0) is 4.79 Å². The molecular weight excluding hydrogens is 509 g/mol. The third-order valence-corrected chi connectivity index (χ3v) is 7.71. The molecule has 8 nitrogen and oxygen atoms in total. The van der Waals surface area contributed by atoms with Crippen LogP contribution in [0.4, 0.5) is 10.1 Å². The number of anilines is 1. The number of hydrogen-bond acceptors (Lipinski definition) is 5. The zero-order valence-electron chi connectivity index (χ0n) is 20.3. The van der Waals surface area contributed by atoms with E-state index in [1.807, 2.05) is 18.2 Å². The summed E-state index contributed by atoms with van der Waals surface area (Å²) in [6.45, 7) is 0. The molecule has 2 aromatic carbocycles. The number of fused-ring (bicyclic) bond motifs is 2. The number of pyridine rings is 1. The van der Waals surface area contributed by atoms with E-state index in [0.717, 1.165) is 24.8 Å². The highest BCUT2D eigenvalue weighted by molar-refractivity contribution is 6.31. The monoisotopic (exact) mass is 533 g/mol. The van der Waals surface area contributed by atoms with Gasteiger partial charge in [0.15, 0.2) is 5.65 Å². The Labute approximate surface area is 222 Å². The van der Waals surface area contributed by atoms with Crippen molar-refractivity contribution in [2.75, 3.05) is 5.32 Å². The molecule has 4 aromatic rings. The molecule has 0 radical (unpaired) electrons. The molecule has 194 valence electrons. The summed E-state index contributed by atoms with van der Waals surface area (Å²) in [5.74, 6) is -0.956. The summed E-state index contributed by atoms with van der Waals surface area (Å²) in [6, 6.07) is 10.5. The first kappa shape index (κ1) is 24.5. The number of aliphatic hydroxyl groups excluding tert-OH is 1. The Morgan fingerprint density at radius 1 is 1.18 bits per heavy atom. The molecule has 1 fully saturated rings. The second kappa shape index (κ2) is 9.81. The molecule has 1 saturated carbocycles. The fourth-order valence-corrected chi connectivity index (χ4v) is 5.80. The Bertz CT molecular complexity index is 1570. The molecule has 38 heavy (non-hydrogen) atoms. The van der Waals surface area contributed by atoms with Crippen LogP contribution in [0.25, 0.3) is 16.8 Å². The van der Waals surface area contributed by atoms with E-state index in [0.29, 0.717) is 45.0 Å². The lowest BCUT2D eigenvalue weighted by Crippen LogP contribution is -2.25. The van der Waals surface area contributed by atoms with Crippen molar-refractivity contribution in [2.45, 2.75) is 44.2 Å². The molecule has 0 spiro atoms. The maximum atomic E-state index is 14.2. The van der Waals surface area contributed by atoms with Gasteiger partial charge in [0.05, 0.1) is 12.1 Å². The number of carbonyl (C=O) groups is 2. The minimum absolute atomic E-state index is 0.0814. The smallest absolute Gasteiger partial charge is 0.252 e. The van der Waals surface area contributed by atoms with Gasteiger partial charge in [0.2, 0.25) is 5.91 Å². The first-order valence-corrected chi connectivity index (χ1v) is 12.9. The van der Waals surface area contributed by atoms with Crippen molar-refractivity contribution >= 4 is 34.7 Å². The lowest BCUT2D eigenvalue weighted by molar-refractivity contribution is -0.117. The van der Waals surface area contributed by atoms with E-state index in [-0.39, 0.29) is 30.3 Å². The topological polar surface area (TPSA) is 109 Å².